The van der Waals surface area contributed by atoms with Gasteiger partial charge in [0.05, 0.1) is 16.8 Å². The lowest BCUT2D eigenvalue weighted by Gasteiger charge is -2.21. The van der Waals surface area contributed by atoms with Crippen molar-refractivity contribution in [2.75, 3.05) is 7.11 Å². The van der Waals surface area contributed by atoms with E-state index in [9.17, 15) is 19.8 Å². The maximum Gasteiger partial charge on any atom is 0.336 e. The molecule has 0 amide bonds. The van der Waals surface area contributed by atoms with Gasteiger partial charge < -0.3 is 19.5 Å². The van der Waals surface area contributed by atoms with E-state index >= 15 is 0 Å². The number of halogens is 1. The zero-order valence-electron chi connectivity index (χ0n) is 21.2. The summed E-state index contributed by atoms with van der Waals surface area (Å²) < 4.78 is 7.84. The third-order valence-electron chi connectivity index (χ3n) is 6.48. The number of aryl methyl sites for hydroxylation is 1. The average molecular weight is 533 g/mol. The van der Waals surface area contributed by atoms with Crippen LogP contribution in [0.2, 0.25) is 5.15 Å². The Morgan fingerprint density at radius 3 is 2.32 bits per heavy atom. The fourth-order valence-electron chi connectivity index (χ4n) is 4.56. The summed E-state index contributed by atoms with van der Waals surface area (Å²) in [7, 11) is 1.56. The van der Waals surface area contributed by atoms with Crippen LogP contribution in [0.1, 0.15) is 69.2 Å². The number of hydrogen-bond acceptors (Lipinski definition) is 4. The highest BCUT2D eigenvalue weighted by Gasteiger charge is 2.26. The van der Waals surface area contributed by atoms with Crippen LogP contribution in [0.5, 0.6) is 0 Å². The van der Waals surface area contributed by atoms with Crippen LogP contribution in [0.15, 0.2) is 72.8 Å². The lowest BCUT2D eigenvalue weighted by atomic mass is 9.97. The Labute approximate surface area is 226 Å². The smallest absolute Gasteiger partial charge is 0.336 e. The maximum absolute atomic E-state index is 12.2. The molecule has 8 heteroatoms. The number of benzene rings is 3. The number of aromatic carboxylic acids is 2. The SMILES string of the molecule is CCCCc1nc(Cl)c(C(OC)c2ccc(C(=O)O)cc2)n1Cc1ccc(-c2ccccc2)c(C(=O)O)c1. The van der Waals surface area contributed by atoms with Crippen molar-refractivity contribution in [3.05, 3.63) is 112 Å². The number of unbranched alkanes of at least 4 members (excludes halogenated alkanes) is 1. The van der Waals surface area contributed by atoms with E-state index in [1.54, 1.807) is 25.3 Å². The molecule has 1 atom stereocenters. The molecular weight excluding hydrogens is 504 g/mol. The fourth-order valence-corrected chi connectivity index (χ4v) is 4.86. The normalized spacial score (nSPS) is 11.9. The number of methoxy groups -OCH3 is 1. The molecule has 0 fully saturated rings. The van der Waals surface area contributed by atoms with E-state index in [2.05, 4.69) is 11.9 Å². The average Bonchev–Trinajstić information content (AvgIpc) is 3.22. The van der Waals surface area contributed by atoms with E-state index in [1.807, 2.05) is 47.0 Å². The van der Waals surface area contributed by atoms with Gasteiger partial charge in [-0.15, -0.1) is 0 Å². The molecule has 0 aliphatic heterocycles. The molecule has 2 N–H and O–H groups in total. The predicted molar refractivity (Wildman–Crippen MR) is 146 cm³/mol. The lowest BCUT2D eigenvalue weighted by molar-refractivity contribution is 0.0686. The van der Waals surface area contributed by atoms with Gasteiger partial charge in [-0.05, 0) is 46.9 Å². The third-order valence-corrected chi connectivity index (χ3v) is 6.76. The fraction of sp³-hybridized carbons (Fsp3) is 0.233. The first-order valence-electron chi connectivity index (χ1n) is 12.4. The minimum atomic E-state index is -1.01. The molecule has 1 unspecified atom stereocenters. The van der Waals surface area contributed by atoms with Crippen molar-refractivity contribution >= 4 is 23.5 Å². The molecular formula is C30H29ClN2O5. The highest BCUT2D eigenvalue weighted by atomic mass is 35.5. The summed E-state index contributed by atoms with van der Waals surface area (Å²) >= 11 is 6.69. The molecule has 0 radical (unpaired) electrons. The van der Waals surface area contributed by atoms with E-state index in [1.165, 1.54) is 12.1 Å². The van der Waals surface area contributed by atoms with Crippen LogP contribution in [0, 0.1) is 0 Å². The summed E-state index contributed by atoms with van der Waals surface area (Å²) in [4.78, 5) is 28.2. The quantitative estimate of drug-likeness (QED) is 0.222. The Morgan fingerprint density at radius 1 is 1.00 bits per heavy atom. The molecule has 196 valence electrons. The lowest BCUT2D eigenvalue weighted by Crippen LogP contribution is -2.15. The summed E-state index contributed by atoms with van der Waals surface area (Å²) in [5, 5.41) is 19.5. The number of hydrogen-bond donors (Lipinski definition) is 2. The molecule has 1 heterocycles. The zero-order valence-corrected chi connectivity index (χ0v) is 22.0. The summed E-state index contributed by atoms with van der Waals surface area (Å²) in [5.74, 6) is -1.24. The highest BCUT2D eigenvalue weighted by Crippen LogP contribution is 2.34. The Bertz CT molecular complexity index is 1430. The van der Waals surface area contributed by atoms with Gasteiger partial charge in [0.15, 0.2) is 5.15 Å². The van der Waals surface area contributed by atoms with Gasteiger partial charge >= 0.3 is 11.9 Å². The van der Waals surface area contributed by atoms with Gasteiger partial charge in [-0.25, -0.2) is 14.6 Å². The Balaban J connectivity index is 1.78. The predicted octanol–water partition coefficient (Wildman–Crippen LogP) is 6.73. The maximum atomic E-state index is 12.2. The molecule has 38 heavy (non-hydrogen) atoms. The Kier molecular flexibility index (Phi) is 8.61. The summed E-state index contributed by atoms with van der Waals surface area (Å²) in [6.07, 6.45) is 1.97. The van der Waals surface area contributed by atoms with Crippen molar-refractivity contribution in [2.45, 2.75) is 38.8 Å². The number of aromatic nitrogens is 2. The van der Waals surface area contributed by atoms with Crippen LogP contribution in [0.4, 0.5) is 0 Å². The minimum Gasteiger partial charge on any atom is -0.478 e. The van der Waals surface area contributed by atoms with Gasteiger partial charge in [-0.1, -0.05) is 79.5 Å². The van der Waals surface area contributed by atoms with Crippen molar-refractivity contribution in [1.82, 2.24) is 9.55 Å². The molecule has 0 saturated heterocycles. The number of carboxylic acids is 2. The topological polar surface area (TPSA) is 102 Å². The van der Waals surface area contributed by atoms with Crippen molar-refractivity contribution in [3.8, 4) is 11.1 Å². The Hall–Kier alpha value is -3.94. The minimum absolute atomic E-state index is 0.173. The van der Waals surface area contributed by atoms with Gasteiger partial charge in [0, 0.05) is 20.1 Å². The summed E-state index contributed by atoms with van der Waals surface area (Å²) in [6, 6.07) is 21.3. The third kappa shape index (κ3) is 5.79. The Morgan fingerprint density at radius 2 is 1.71 bits per heavy atom. The van der Waals surface area contributed by atoms with Crippen LogP contribution in [-0.4, -0.2) is 38.8 Å². The second-order valence-electron chi connectivity index (χ2n) is 8.99. The summed E-state index contributed by atoms with van der Waals surface area (Å²) in [6.45, 7) is 2.44. The van der Waals surface area contributed by atoms with Gasteiger partial charge in [-0.2, -0.15) is 0 Å². The van der Waals surface area contributed by atoms with E-state index in [-0.39, 0.29) is 11.1 Å². The van der Waals surface area contributed by atoms with E-state index < -0.39 is 18.0 Å². The van der Waals surface area contributed by atoms with Crippen LogP contribution >= 0.6 is 11.6 Å². The number of nitrogens with zero attached hydrogens (tertiary/aromatic N) is 2. The second-order valence-corrected chi connectivity index (χ2v) is 9.35. The van der Waals surface area contributed by atoms with E-state index in [0.717, 1.165) is 35.4 Å². The monoisotopic (exact) mass is 532 g/mol. The molecule has 4 aromatic rings. The van der Waals surface area contributed by atoms with Crippen molar-refractivity contribution in [1.29, 1.82) is 0 Å². The number of carbonyl (C=O) groups is 2. The second kappa shape index (κ2) is 12.1. The first-order valence-corrected chi connectivity index (χ1v) is 12.7. The summed E-state index contributed by atoms with van der Waals surface area (Å²) in [5.41, 5.74) is 4.00. The standard InChI is InChI=1S/C30H29ClN2O5/c1-3-4-10-25-32-28(31)26(27(38-2)21-12-14-22(15-13-21)29(34)35)33(25)18-19-11-16-23(24(17-19)30(36)37)20-8-6-5-7-9-20/h5-9,11-17,27H,3-4,10,18H2,1-2H3,(H,34,35)(H,36,37). The molecule has 0 saturated carbocycles. The molecule has 3 aromatic carbocycles. The van der Waals surface area contributed by atoms with Crippen LogP contribution in [-0.2, 0) is 17.7 Å². The number of rotatable bonds is 11. The van der Waals surface area contributed by atoms with Crippen molar-refractivity contribution < 1.29 is 24.5 Å². The van der Waals surface area contributed by atoms with Crippen LogP contribution in [0.3, 0.4) is 0 Å². The number of carboxylic acid groups (broad SMARTS) is 2. The zero-order chi connectivity index (χ0) is 27.2. The number of imidazole rings is 1. The number of ether oxygens (including phenoxy) is 1. The molecule has 0 aliphatic carbocycles. The molecule has 0 aliphatic rings. The van der Waals surface area contributed by atoms with E-state index in [4.69, 9.17) is 16.3 Å². The molecule has 4 rings (SSSR count). The van der Waals surface area contributed by atoms with Crippen LogP contribution in [0.25, 0.3) is 11.1 Å². The van der Waals surface area contributed by atoms with Crippen molar-refractivity contribution in [2.24, 2.45) is 0 Å². The first kappa shape index (κ1) is 27.1. The first-order chi connectivity index (χ1) is 18.3. The van der Waals surface area contributed by atoms with Gasteiger partial charge in [-0.3, -0.25) is 0 Å². The molecule has 0 spiro atoms. The molecule has 0 bridgehead atoms. The van der Waals surface area contributed by atoms with Crippen LogP contribution < -0.4 is 0 Å². The van der Waals surface area contributed by atoms with Gasteiger partial charge in [0.1, 0.15) is 11.9 Å². The van der Waals surface area contributed by atoms with Gasteiger partial charge in [0.25, 0.3) is 0 Å². The molecule has 7 nitrogen and oxygen atoms in total. The highest BCUT2D eigenvalue weighted by molar-refractivity contribution is 6.30. The largest absolute Gasteiger partial charge is 0.478 e. The van der Waals surface area contributed by atoms with E-state index in [0.29, 0.717) is 29.4 Å². The molecule has 1 aromatic heterocycles. The van der Waals surface area contributed by atoms with Crippen molar-refractivity contribution in [3.63, 3.8) is 0 Å². The van der Waals surface area contributed by atoms with Gasteiger partial charge in [0.2, 0.25) is 0 Å².